The highest BCUT2D eigenvalue weighted by molar-refractivity contribution is 6.30. The molecule has 0 saturated carbocycles. The highest BCUT2D eigenvalue weighted by Crippen LogP contribution is 2.17. The molecule has 130 valence electrons. The van der Waals surface area contributed by atoms with E-state index in [2.05, 4.69) is 0 Å². The third-order valence-electron chi connectivity index (χ3n) is 4.43. The number of hydrogen-bond acceptors (Lipinski definition) is 1. The third-order valence-corrected chi connectivity index (χ3v) is 4.93. The summed E-state index contributed by atoms with van der Waals surface area (Å²) in [7, 11) is 0. The zero-order valence-corrected chi connectivity index (χ0v) is 15.4. The van der Waals surface area contributed by atoms with Crippen LogP contribution in [0.15, 0.2) is 77.6 Å². The molecule has 0 aliphatic rings. The van der Waals surface area contributed by atoms with Crippen molar-refractivity contribution in [2.24, 2.45) is 0 Å². The molecule has 0 aliphatic carbocycles. The Morgan fingerprint density at radius 1 is 0.654 bits per heavy atom. The van der Waals surface area contributed by atoms with Gasteiger partial charge in [-0.05, 0) is 47.5 Å². The molecule has 3 nitrogen and oxygen atoms in total. The van der Waals surface area contributed by atoms with E-state index in [1.807, 2.05) is 77.5 Å². The summed E-state index contributed by atoms with van der Waals surface area (Å²) < 4.78 is 3.80. The van der Waals surface area contributed by atoms with Crippen LogP contribution in [0.3, 0.4) is 0 Å². The summed E-state index contributed by atoms with van der Waals surface area (Å²) in [6, 6.07) is 23.0. The lowest BCUT2D eigenvalue weighted by atomic mass is 10.2. The van der Waals surface area contributed by atoms with E-state index in [1.165, 1.54) is 0 Å². The van der Waals surface area contributed by atoms with Gasteiger partial charge >= 0.3 is 0 Å². The van der Waals surface area contributed by atoms with E-state index < -0.39 is 0 Å². The first-order valence-corrected chi connectivity index (χ1v) is 9.04. The summed E-state index contributed by atoms with van der Waals surface area (Å²) in [5, 5.41) is 2.10. The van der Waals surface area contributed by atoms with Crippen molar-refractivity contribution >= 4 is 34.1 Å². The van der Waals surface area contributed by atoms with Gasteiger partial charge in [0.25, 0.3) is 5.56 Å². The number of aromatic nitrogens is 2. The van der Waals surface area contributed by atoms with Gasteiger partial charge in [-0.15, -0.1) is 0 Å². The van der Waals surface area contributed by atoms with Gasteiger partial charge in [0.1, 0.15) is 0 Å². The molecule has 1 aromatic heterocycles. The number of benzene rings is 3. The van der Waals surface area contributed by atoms with Crippen molar-refractivity contribution in [1.82, 2.24) is 9.36 Å². The molecule has 0 saturated heterocycles. The number of para-hydroxylation sites is 1. The number of nitrogens with zero attached hydrogens (tertiary/aromatic N) is 2. The highest BCUT2D eigenvalue weighted by Gasteiger charge is 2.13. The van der Waals surface area contributed by atoms with Crippen LogP contribution in [0.25, 0.3) is 10.9 Å². The molecule has 26 heavy (non-hydrogen) atoms. The van der Waals surface area contributed by atoms with Crippen LogP contribution in [0.5, 0.6) is 0 Å². The molecule has 0 amide bonds. The number of halogens is 2. The maximum Gasteiger partial charge on any atom is 0.274 e. The second kappa shape index (κ2) is 7.02. The van der Waals surface area contributed by atoms with Crippen LogP contribution in [0.4, 0.5) is 0 Å². The van der Waals surface area contributed by atoms with Gasteiger partial charge in [-0.2, -0.15) is 0 Å². The van der Waals surface area contributed by atoms with Crippen molar-refractivity contribution in [3.8, 4) is 0 Å². The molecule has 0 aliphatic heterocycles. The quantitative estimate of drug-likeness (QED) is 0.476. The van der Waals surface area contributed by atoms with Crippen molar-refractivity contribution in [1.29, 1.82) is 0 Å². The summed E-state index contributed by atoms with van der Waals surface area (Å²) in [6.07, 6.45) is 0. The largest absolute Gasteiger partial charge is 0.277 e. The van der Waals surface area contributed by atoms with E-state index >= 15 is 0 Å². The van der Waals surface area contributed by atoms with Gasteiger partial charge in [-0.1, -0.05) is 59.6 Å². The molecule has 3 aromatic carbocycles. The number of hydrogen-bond donors (Lipinski definition) is 0. The fraction of sp³-hybridized carbons (Fsp3) is 0.0952. The summed E-state index contributed by atoms with van der Waals surface area (Å²) in [4.78, 5) is 13.0. The lowest BCUT2D eigenvalue weighted by Crippen LogP contribution is -2.24. The van der Waals surface area contributed by atoms with E-state index in [4.69, 9.17) is 23.2 Å². The second-order valence-corrected chi connectivity index (χ2v) is 7.06. The Balaban J connectivity index is 1.82. The maximum atomic E-state index is 13.0. The van der Waals surface area contributed by atoms with Gasteiger partial charge in [-0.3, -0.25) is 9.48 Å². The second-order valence-electron chi connectivity index (χ2n) is 6.19. The van der Waals surface area contributed by atoms with Crippen molar-refractivity contribution in [3.05, 3.63) is 104 Å². The topological polar surface area (TPSA) is 26.9 Å². The molecule has 0 bridgehead atoms. The van der Waals surface area contributed by atoms with Crippen LogP contribution in [-0.2, 0) is 13.1 Å². The SMILES string of the molecule is O=c1c2ccccc2n(Cc2ccc(Cl)cc2)n1Cc1ccc(Cl)cc1. The van der Waals surface area contributed by atoms with Gasteiger partial charge in [0.15, 0.2) is 0 Å². The van der Waals surface area contributed by atoms with Crippen LogP contribution in [-0.4, -0.2) is 9.36 Å². The first-order valence-electron chi connectivity index (χ1n) is 8.29. The smallest absolute Gasteiger partial charge is 0.274 e. The lowest BCUT2D eigenvalue weighted by Gasteiger charge is -2.13. The summed E-state index contributed by atoms with van der Waals surface area (Å²) >= 11 is 12.0. The Morgan fingerprint density at radius 3 is 1.73 bits per heavy atom. The van der Waals surface area contributed by atoms with E-state index in [1.54, 1.807) is 4.68 Å². The van der Waals surface area contributed by atoms with Crippen LogP contribution in [0.1, 0.15) is 11.1 Å². The van der Waals surface area contributed by atoms with E-state index in [-0.39, 0.29) is 5.56 Å². The summed E-state index contributed by atoms with van der Waals surface area (Å²) in [5.41, 5.74) is 3.03. The Bertz CT molecular complexity index is 1110. The van der Waals surface area contributed by atoms with Gasteiger partial charge in [0, 0.05) is 10.0 Å². The van der Waals surface area contributed by atoms with Crippen molar-refractivity contribution in [3.63, 3.8) is 0 Å². The predicted octanol–water partition coefficient (Wildman–Crippen LogP) is 5.21. The predicted molar refractivity (Wildman–Crippen MR) is 107 cm³/mol. The molecule has 0 N–H and O–H groups in total. The minimum Gasteiger partial charge on any atom is -0.277 e. The van der Waals surface area contributed by atoms with Crippen LogP contribution in [0.2, 0.25) is 10.0 Å². The molecular weight excluding hydrogens is 367 g/mol. The monoisotopic (exact) mass is 382 g/mol. The molecular formula is C21H16Cl2N2O. The van der Waals surface area contributed by atoms with Crippen LogP contribution < -0.4 is 5.56 Å². The fourth-order valence-corrected chi connectivity index (χ4v) is 3.36. The summed E-state index contributed by atoms with van der Waals surface area (Å²) in [6.45, 7) is 1.08. The standard InChI is InChI=1S/C21H16Cl2N2O/c22-17-9-5-15(6-10-17)13-24-20-4-2-1-3-19(20)21(26)25(24)14-16-7-11-18(23)12-8-16/h1-12H,13-14H2. The number of rotatable bonds is 4. The zero-order valence-electron chi connectivity index (χ0n) is 13.9. The third kappa shape index (κ3) is 3.28. The van der Waals surface area contributed by atoms with Crippen LogP contribution >= 0.6 is 23.2 Å². The van der Waals surface area contributed by atoms with E-state index in [0.29, 0.717) is 23.1 Å². The molecule has 0 radical (unpaired) electrons. The molecule has 0 atom stereocenters. The Hall–Kier alpha value is -2.49. The minimum absolute atomic E-state index is 0.00418. The zero-order chi connectivity index (χ0) is 18.1. The normalized spacial score (nSPS) is 11.2. The first kappa shape index (κ1) is 17.0. The van der Waals surface area contributed by atoms with Crippen molar-refractivity contribution in [2.75, 3.05) is 0 Å². The van der Waals surface area contributed by atoms with Gasteiger partial charge < -0.3 is 0 Å². The molecule has 0 fully saturated rings. The average molecular weight is 383 g/mol. The van der Waals surface area contributed by atoms with Gasteiger partial charge in [0.05, 0.1) is 24.0 Å². The maximum absolute atomic E-state index is 13.0. The molecule has 0 unspecified atom stereocenters. The number of fused-ring (bicyclic) bond motifs is 1. The Morgan fingerprint density at radius 2 is 1.15 bits per heavy atom. The fourth-order valence-electron chi connectivity index (χ4n) is 3.11. The molecule has 1 heterocycles. The van der Waals surface area contributed by atoms with E-state index in [0.717, 1.165) is 22.0 Å². The molecule has 4 rings (SSSR count). The Kier molecular flexibility index (Phi) is 4.58. The molecule has 0 spiro atoms. The lowest BCUT2D eigenvalue weighted by molar-refractivity contribution is 0.516. The van der Waals surface area contributed by atoms with E-state index in [9.17, 15) is 4.79 Å². The van der Waals surface area contributed by atoms with Crippen molar-refractivity contribution in [2.45, 2.75) is 13.1 Å². The Labute approximate surface area is 161 Å². The van der Waals surface area contributed by atoms with Crippen LogP contribution in [0, 0.1) is 0 Å². The minimum atomic E-state index is 0.00418. The van der Waals surface area contributed by atoms with Gasteiger partial charge in [-0.25, -0.2) is 4.68 Å². The first-order chi connectivity index (χ1) is 12.6. The highest BCUT2D eigenvalue weighted by atomic mass is 35.5. The van der Waals surface area contributed by atoms with Crippen molar-refractivity contribution < 1.29 is 0 Å². The summed E-state index contributed by atoms with van der Waals surface area (Å²) in [5.74, 6) is 0. The molecule has 5 heteroatoms. The van der Waals surface area contributed by atoms with Gasteiger partial charge in [0.2, 0.25) is 0 Å². The average Bonchev–Trinajstić information content (AvgIpc) is 2.91. The molecule has 4 aromatic rings.